The lowest BCUT2D eigenvalue weighted by atomic mass is 10.1. The molecule has 4 nitrogen and oxygen atoms in total. The third-order valence-electron chi connectivity index (χ3n) is 4.25. The van der Waals surface area contributed by atoms with Crippen LogP contribution in [0.3, 0.4) is 0 Å². The number of carbonyl (C=O) groups excluding carboxylic acids is 1. The highest BCUT2D eigenvalue weighted by atomic mass is 32.1. The Kier molecular flexibility index (Phi) is 3.95. The second kappa shape index (κ2) is 6.24. The molecule has 0 unspecified atom stereocenters. The molecule has 0 saturated heterocycles. The fourth-order valence-electron chi connectivity index (χ4n) is 3.02. The first-order chi connectivity index (χ1) is 11.3. The van der Waals surface area contributed by atoms with Crippen LogP contribution in [-0.2, 0) is 24.2 Å². The van der Waals surface area contributed by atoms with Gasteiger partial charge in [0.05, 0.1) is 0 Å². The first kappa shape index (κ1) is 14.6. The summed E-state index contributed by atoms with van der Waals surface area (Å²) >= 11 is 1.59. The van der Waals surface area contributed by atoms with Gasteiger partial charge in [-0.2, -0.15) is 0 Å². The van der Waals surface area contributed by atoms with E-state index in [0.717, 1.165) is 29.0 Å². The Morgan fingerprint density at radius 3 is 2.91 bits per heavy atom. The molecule has 1 aliphatic heterocycles. The predicted octanol–water partition coefficient (Wildman–Crippen LogP) is 4.10. The van der Waals surface area contributed by atoms with Crippen molar-refractivity contribution in [2.24, 2.45) is 0 Å². The van der Waals surface area contributed by atoms with Gasteiger partial charge in [-0.25, -0.2) is 4.79 Å². The highest BCUT2D eigenvalue weighted by Crippen LogP contribution is 2.33. The molecule has 4 rings (SSSR count). The van der Waals surface area contributed by atoms with Crippen LogP contribution in [-0.4, -0.2) is 12.8 Å². The van der Waals surface area contributed by atoms with Crippen molar-refractivity contribution in [1.29, 1.82) is 0 Å². The van der Waals surface area contributed by atoms with E-state index in [2.05, 4.69) is 0 Å². The summed E-state index contributed by atoms with van der Waals surface area (Å²) in [6.45, 7) is 0.497. The van der Waals surface area contributed by atoms with Gasteiger partial charge in [0.2, 0.25) is 6.79 Å². The van der Waals surface area contributed by atoms with Crippen LogP contribution in [0.5, 0.6) is 11.5 Å². The van der Waals surface area contributed by atoms with Gasteiger partial charge in [0.15, 0.2) is 11.5 Å². The smallest absolute Gasteiger partial charge is 0.348 e. The van der Waals surface area contributed by atoms with Crippen molar-refractivity contribution in [3.8, 4) is 11.5 Å². The topological polar surface area (TPSA) is 44.8 Å². The molecule has 23 heavy (non-hydrogen) atoms. The minimum atomic E-state index is -0.235. The molecule has 0 atom stereocenters. The zero-order valence-corrected chi connectivity index (χ0v) is 13.6. The zero-order chi connectivity index (χ0) is 15.6. The van der Waals surface area contributed by atoms with Crippen molar-refractivity contribution >= 4 is 17.3 Å². The maximum absolute atomic E-state index is 12.3. The highest BCUT2D eigenvalue weighted by molar-refractivity contribution is 7.14. The largest absolute Gasteiger partial charge is 0.457 e. The number of rotatable bonds is 3. The molecule has 0 radical (unpaired) electrons. The second-order valence-electron chi connectivity index (χ2n) is 5.88. The molecular weight excluding hydrogens is 312 g/mol. The number of thiophene rings is 1. The summed E-state index contributed by atoms with van der Waals surface area (Å²) in [7, 11) is 0. The first-order valence-electron chi connectivity index (χ1n) is 7.97. The third kappa shape index (κ3) is 3.06. The Balaban J connectivity index is 1.42. The minimum Gasteiger partial charge on any atom is -0.457 e. The molecule has 2 aromatic rings. The van der Waals surface area contributed by atoms with Crippen molar-refractivity contribution in [2.75, 3.05) is 6.79 Å². The molecular formula is C18H18O4S. The Morgan fingerprint density at radius 2 is 1.96 bits per heavy atom. The molecule has 120 valence electrons. The fraction of sp³-hybridized carbons (Fsp3) is 0.389. The van der Waals surface area contributed by atoms with Crippen LogP contribution in [0.4, 0.5) is 0 Å². The molecule has 0 bridgehead atoms. The van der Waals surface area contributed by atoms with Gasteiger partial charge in [0, 0.05) is 4.88 Å². The fourth-order valence-corrected chi connectivity index (χ4v) is 4.17. The summed E-state index contributed by atoms with van der Waals surface area (Å²) in [6, 6.07) is 7.62. The Morgan fingerprint density at radius 1 is 1.09 bits per heavy atom. The van der Waals surface area contributed by atoms with Crippen molar-refractivity contribution in [3.63, 3.8) is 0 Å². The number of hydrogen-bond donors (Lipinski definition) is 0. The van der Waals surface area contributed by atoms with Gasteiger partial charge in [0.25, 0.3) is 0 Å². The second-order valence-corrected chi connectivity index (χ2v) is 7.02. The van der Waals surface area contributed by atoms with Gasteiger partial charge in [-0.1, -0.05) is 12.5 Å². The summed E-state index contributed by atoms with van der Waals surface area (Å²) in [4.78, 5) is 14.4. The van der Waals surface area contributed by atoms with Crippen molar-refractivity contribution in [2.45, 2.75) is 38.7 Å². The van der Waals surface area contributed by atoms with Crippen LogP contribution >= 0.6 is 11.3 Å². The maximum atomic E-state index is 12.3. The molecule has 0 saturated carbocycles. The Bertz CT molecular complexity index is 711. The molecule has 1 aromatic heterocycles. The average molecular weight is 330 g/mol. The van der Waals surface area contributed by atoms with E-state index < -0.39 is 0 Å². The van der Waals surface area contributed by atoms with Crippen LogP contribution in [0.25, 0.3) is 0 Å². The summed E-state index contributed by atoms with van der Waals surface area (Å²) < 4.78 is 16.1. The number of aryl methyl sites for hydroxylation is 2. The van der Waals surface area contributed by atoms with E-state index in [1.165, 1.54) is 29.7 Å². The zero-order valence-electron chi connectivity index (χ0n) is 12.8. The molecule has 1 aliphatic carbocycles. The standard InChI is InChI=1S/C18H18O4S/c19-18(17-9-13-4-2-1-3-5-16(13)23-17)20-10-12-6-7-14-15(8-12)22-11-21-14/h6-9H,1-5,10-11H2. The van der Waals surface area contributed by atoms with E-state index in [4.69, 9.17) is 14.2 Å². The molecule has 1 aromatic carbocycles. The highest BCUT2D eigenvalue weighted by Gasteiger charge is 2.18. The summed E-state index contributed by atoms with van der Waals surface area (Å²) in [6.07, 6.45) is 5.90. The lowest BCUT2D eigenvalue weighted by Crippen LogP contribution is -2.03. The van der Waals surface area contributed by atoms with Gasteiger partial charge in [-0.15, -0.1) is 11.3 Å². The molecule has 2 aliphatic rings. The van der Waals surface area contributed by atoms with Gasteiger partial charge in [-0.3, -0.25) is 0 Å². The van der Waals surface area contributed by atoms with Crippen LogP contribution in [0, 0.1) is 0 Å². The normalized spacial score (nSPS) is 15.8. The van der Waals surface area contributed by atoms with Gasteiger partial charge in [-0.05, 0) is 55.0 Å². The Hall–Kier alpha value is -2.01. The summed E-state index contributed by atoms with van der Waals surface area (Å²) in [5.41, 5.74) is 2.24. The van der Waals surface area contributed by atoms with E-state index in [-0.39, 0.29) is 19.4 Å². The van der Waals surface area contributed by atoms with E-state index in [0.29, 0.717) is 5.75 Å². The molecule has 0 spiro atoms. The summed E-state index contributed by atoms with van der Waals surface area (Å²) in [5, 5.41) is 0. The predicted molar refractivity (Wildman–Crippen MR) is 87.3 cm³/mol. The number of fused-ring (bicyclic) bond motifs is 2. The van der Waals surface area contributed by atoms with E-state index >= 15 is 0 Å². The molecule has 5 heteroatoms. The number of benzene rings is 1. The summed E-state index contributed by atoms with van der Waals surface area (Å²) in [5.74, 6) is 1.21. The van der Waals surface area contributed by atoms with E-state index in [1.54, 1.807) is 11.3 Å². The molecule has 2 heterocycles. The van der Waals surface area contributed by atoms with Crippen molar-refractivity contribution in [3.05, 3.63) is 45.1 Å². The van der Waals surface area contributed by atoms with E-state index in [1.807, 2.05) is 24.3 Å². The van der Waals surface area contributed by atoms with Crippen LogP contribution < -0.4 is 9.47 Å². The number of esters is 1. The van der Waals surface area contributed by atoms with Crippen molar-refractivity contribution < 1.29 is 19.0 Å². The lowest BCUT2D eigenvalue weighted by molar-refractivity contribution is 0.0478. The van der Waals surface area contributed by atoms with Gasteiger partial charge >= 0.3 is 5.97 Å². The molecule has 0 N–H and O–H groups in total. The quantitative estimate of drug-likeness (QED) is 0.628. The lowest BCUT2D eigenvalue weighted by Gasteiger charge is -2.04. The average Bonchev–Trinajstić information content (AvgIpc) is 3.14. The molecule has 0 fully saturated rings. The van der Waals surface area contributed by atoms with E-state index in [9.17, 15) is 4.79 Å². The number of ether oxygens (including phenoxy) is 3. The number of carbonyl (C=O) groups is 1. The SMILES string of the molecule is O=C(OCc1ccc2c(c1)OCO2)c1cc2c(s1)CCCCC2. The molecule has 0 amide bonds. The minimum absolute atomic E-state index is 0.235. The maximum Gasteiger partial charge on any atom is 0.348 e. The first-order valence-corrected chi connectivity index (χ1v) is 8.78. The van der Waals surface area contributed by atoms with Gasteiger partial charge in [0.1, 0.15) is 11.5 Å². The van der Waals surface area contributed by atoms with Crippen LogP contribution in [0.15, 0.2) is 24.3 Å². The van der Waals surface area contributed by atoms with Gasteiger partial charge < -0.3 is 14.2 Å². The number of hydrogen-bond acceptors (Lipinski definition) is 5. The van der Waals surface area contributed by atoms with Crippen LogP contribution in [0.1, 0.15) is 44.9 Å². The van der Waals surface area contributed by atoms with Crippen LogP contribution in [0.2, 0.25) is 0 Å². The monoisotopic (exact) mass is 330 g/mol. The van der Waals surface area contributed by atoms with Crippen molar-refractivity contribution in [1.82, 2.24) is 0 Å². The third-order valence-corrected chi connectivity index (χ3v) is 5.47. The Labute approximate surface area is 139 Å².